The van der Waals surface area contributed by atoms with Crippen LogP contribution in [0.1, 0.15) is 22.7 Å². The van der Waals surface area contributed by atoms with E-state index in [1.165, 1.54) is 13.0 Å². The van der Waals surface area contributed by atoms with Crippen molar-refractivity contribution in [3.63, 3.8) is 0 Å². The van der Waals surface area contributed by atoms with Crippen molar-refractivity contribution in [1.29, 1.82) is 0 Å². The quantitative estimate of drug-likeness (QED) is 0.395. The van der Waals surface area contributed by atoms with Crippen LogP contribution in [0, 0.1) is 36.0 Å². The molecule has 7 heteroatoms. The predicted molar refractivity (Wildman–Crippen MR) is 66.6 cm³/mol. The number of halogens is 5. The van der Waals surface area contributed by atoms with Gasteiger partial charge in [-0.25, -0.2) is 27.4 Å². The Balaban J connectivity index is 2.63. The molecule has 21 heavy (non-hydrogen) atoms. The first kappa shape index (κ1) is 15.4. The Hall–Kier alpha value is -1.99. The second-order valence-electron chi connectivity index (χ2n) is 4.49. The van der Waals surface area contributed by atoms with E-state index >= 15 is 0 Å². The van der Waals surface area contributed by atoms with Gasteiger partial charge in [-0.15, -0.1) is 0 Å². The molecule has 2 aromatic rings. The third kappa shape index (κ3) is 2.74. The summed E-state index contributed by atoms with van der Waals surface area (Å²) in [5.41, 5.74) is 1.48. The molecule has 3 N–H and O–H groups in total. The van der Waals surface area contributed by atoms with Gasteiger partial charge in [-0.1, -0.05) is 6.07 Å². The highest BCUT2D eigenvalue weighted by Gasteiger charge is 2.24. The van der Waals surface area contributed by atoms with Crippen LogP contribution in [-0.4, -0.2) is 0 Å². The fraction of sp³-hybridized carbons (Fsp3) is 0.143. The maximum absolute atomic E-state index is 14.1. The number of nitrogens with one attached hydrogen (secondary N) is 1. The summed E-state index contributed by atoms with van der Waals surface area (Å²) in [5, 5.41) is 0. The molecule has 0 heterocycles. The summed E-state index contributed by atoms with van der Waals surface area (Å²) in [6.07, 6.45) is 0. The van der Waals surface area contributed by atoms with Gasteiger partial charge in [-0.2, -0.15) is 0 Å². The van der Waals surface area contributed by atoms with Crippen molar-refractivity contribution in [3.05, 3.63) is 70.0 Å². The van der Waals surface area contributed by atoms with E-state index in [-0.39, 0.29) is 11.1 Å². The lowest BCUT2D eigenvalue weighted by molar-refractivity contribution is 0.440. The molecule has 2 nitrogen and oxygen atoms in total. The van der Waals surface area contributed by atoms with Gasteiger partial charge >= 0.3 is 0 Å². The summed E-state index contributed by atoms with van der Waals surface area (Å²) in [6.45, 7) is 1.40. The van der Waals surface area contributed by atoms with E-state index in [0.717, 1.165) is 6.07 Å². The Bertz CT molecular complexity index is 664. The molecule has 0 amide bonds. The maximum Gasteiger partial charge on any atom is 0.194 e. The van der Waals surface area contributed by atoms with Gasteiger partial charge in [0.15, 0.2) is 17.5 Å². The number of aryl methyl sites for hydroxylation is 1. The number of benzene rings is 2. The summed E-state index contributed by atoms with van der Waals surface area (Å²) in [5.74, 6) is -1.21. The molecule has 0 saturated heterocycles. The summed E-state index contributed by atoms with van der Waals surface area (Å²) in [6, 6.07) is 2.12. The van der Waals surface area contributed by atoms with Crippen LogP contribution in [-0.2, 0) is 0 Å². The van der Waals surface area contributed by atoms with Gasteiger partial charge in [0, 0.05) is 5.56 Å². The second kappa shape index (κ2) is 5.79. The van der Waals surface area contributed by atoms with Crippen molar-refractivity contribution in [1.82, 2.24) is 5.43 Å². The van der Waals surface area contributed by atoms with Gasteiger partial charge < -0.3 is 0 Å². The molecule has 0 spiro atoms. The SMILES string of the molecule is Cc1ccc(F)c(C(NN)c2cc(F)c(F)c(F)c2)c1F. The molecule has 0 aliphatic carbocycles. The molecule has 0 aromatic heterocycles. The zero-order valence-corrected chi connectivity index (χ0v) is 10.9. The van der Waals surface area contributed by atoms with Crippen molar-refractivity contribution in [2.45, 2.75) is 13.0 Å². The highest BCUT2D eigenvalue weighted by Crippen LogP contribution is 2.29. The standard InChI is InChI=1S/C14H11F5N2/c1-6-2-3-8(15)11(12(6)18)14(21-20)7-4-9(16)13(19)10(17)5-7/h2-5,14,21H,20H2,1H3. The highest BCUT2D eigenvalue weighted by atomic mass is 19.2. The lowest BCUT2D eigenvalue weighted by atomic mass is 9.96. The fourth-order valence-corrected chi connectivity index (χ4v) is 2.03. The van der Waals surface area contributed by atoms with Crippen LogP contribution >= 0.6 is 0 Å². The van der Waals surface area contributed by atoms with Crippen molar-refractivity contribution in [2.24, 2.45) is 5.84 Å². The van der Waals surface area contributed by atoms with Crippen molar-refractivity contribution < 1.29 is 22.0 Å². The minimum absolute atomic E-state index is 0.134. The molecule has 2 aromatic carbocycles. The number of hydrazine groups is 1. The minimum atomic E-state index is -1.67. The van der Waals surface area contributed by atoms with E-state index in [1.54, 1.807) is 0 Å². The molecular formula is C14H11F5N2. The van der Waals surface area contributed by atoms with E-state index in [4.69, 9.17) is 5.84 Å². The Kier molecular flexibility index (Phi) is 4.24. The molecule has 112 valence electrons. The number of hydrogen-bond acceptors (Lipinski definition) is 2. The molecule has 0 bridgehead atoms. The lowest BCUT2D eigenvalue weighted by Crippen LogP contribution is -2.30. The highest BCUT2D eigenvalue weighted by molar-refractivity contribution is 5.37. The average molecular weight is 302 g/mol. The molecule has 0 saturated carbocycles. The molecule has 0 aliphatic heterocycles. The Morgan fingerprint density at radius 3 is 2.00 bits per heavy atom. The van der Waals surface area contributed by atoms with Crippen LogP contribution in [0.5, 0.6) is 0 Å². The first-order valence-corrected chi connectivity index (χ1v) is 5.91. The average Bonchev–Trinajstić information content (AvgIpc) is 2.44. The lowest BCUT2D eigenvalue weighted by Gasteiger charge is -2.19. The zero-order valence-electron chi connectivity index (χ0n) is 10.9. The summed E-state index contributed by atoms with van der Waals surface area (Å²) >= 11 is 0. The van der Waals surface area contributed by atoms with Crippen LogP contribution in [0.4, 0.5) is 22.0 Å². The molecule has 0 aliphatic rings. The molecular weight excluding hydrogens is 291 g/mol. The van der Waals surface area contributed by atoms with Gasteiger partial charge in [0.2, 0.25) is 0 Å². The Labute approximate surface area is 117 Å². The van der Waals surface area contributed by atoms with E-state index < -0.39 is 40.7 Å². The summed E-state index contributed by atoms with van der Waals surface area (Å²) in [7, 11) is 0. The number of rotatable bonds is 3. The van der Waals surface area contributed by atoms with E-state index in [1.807, 2.05) is 0 Å². The van der Waals surface area contributed by atoms with Gasteiger partial charge in [-0.3, -0.25) is 5.84 Å². The third-order valence-corrected chi connectivity index (χ3v) is 3.11. The minimum Gasteiger partial charge on any atom is -0.271 e. The van der Waals surface area contributed by atoms with Crippen LogP contribution in [0.3, 0.4) is 0 Å². The maximum atomic E-state index is 14.1. The molecule has 0 radical (unpaired) electrons. The molecule has 1 unspecified atom stereocenters. The van der Waals surface area contributed by atoms with E-state index in [0.29, 0.717) is 12.1 Å². The Morgan fingerprint density at radius 2 is 1.48 bits per heavy atom. The molecule has 0 fully saturated rings. The van der Waals surface area contributed by atoms with Crippen LogP contribution in [0.2, 0.25) is 0 Å². The van der Waals surface area contributed by atoms with Gasteiger partial charge in [0.05, 0.1) is 6.04 Å². The van der Waals surface area contributed by atoms with Crippen LogP contribution in [0.15, 0.2) is 24.3 Å². The topological polar surface area (TPSA) is 38.0 Å². The predicted octanol–water partition coefficient (Wildman–Crippen LogP) is 3.24. The van der Waals surface area contributed by atoms with E-state index in [2.05, 4.69) is 5.43 Å². The van der Waals surface area contributed by atoms with Crippen molar-refractivity contribution in [2.75, 3.05) is 0 Å². The first-order chi connectivity index (χ1) is 9.86. The number of hydrogen-bond donors (Lipinski definition) is 2. The fourth-order valence-electron chi connectivity index (χ4n) is 2.03. The van der Waals surface area contributed by atoms with Gasteiger partial charge in [-0.05, 0) is 36.2 Å². The summed E-state index contributed by atoms with van der Waals surface area (Å²) in [4.78, 5) is 0. The monoisotopic (exact) mass is 302 g/mol. The Morgan fingerprint density at radius 1 is 0.905 bits per heavy atom. The van der Waals surface area contributed by atoms with E-state index in [9.17, 15) is 22.0 Å². The number of nitrogens with two attached hydrogens (primary N) is 1. The van der Waals surface area contributed by atoms with Crippen LogP contribution < -0.4 is 11.3 Å². The molecule has 2 rings (SSSR count). The smallest absolute Gasteiger partial charge is 0.194 e. The first-order valence-electron chi connectivity index (χ1n) is 5.91. The second-order valence-corrected chi connectivity index (χ2v) is 4.49. The molecule has 1 atom stereocenters. The van der Waals surface area contributed by atoms with Crippen molar-refractivity contribution in [3.8, 4) is 0 Å². The van der Waals surface area contributed by atoms with Crippen molar-refractivity contribution >= 4 is 0 Å². The summed E-state index contributed by atoms with van der Waals surface area (Å²) < 4.78 is 67.4. The normalized spacial score (nSPS) is 12.5. The zero-order chi connectivity index (χ0) is 15.7. The van der Waals surface area contributed by atoms with Crippen LogP contribution in [0.25, 0.3) is 0 Å². The largest absolute Gasteiger partial charge is 0.271 e. The van der Waals surface area contributed by atoms with Gasteiger partial charge in [0.25, 0.3) is 0 Å². The third-order valence-electron chi connectivity index (χ3n) is 3.11. The van der Waals surface area contributed by atoms with Gasteiger partial charge in [0.1, 0.15) is 11.6 Å².